The van der Waals surface area contributed by atoms with Gasteiger partial charge in [-0.25, -0.2) is 5.48 Å². The second kappa shape index (κ2) is 7.09. The number of anilines is 1. The molecule has 26 heavy (non-hydrogen) atoms. The Kier molecular flexibility index (Phi) is 4.66. The fourth-order valence-electron chi connectivity index (χ4n) is 4.19. The van der Waals surface area contributed by atoms with Crippen molar-refractivity contribution in [3.05, 3.63) is 65.7 Å². The first-order valence-corrected chi connectivity index (χ1v) is 9.21. The number of hydroxylamine groups is 1. The van der Waals surface area contributed by atoms with E-state index in [2.05, 4.69) is 53.2 Å². The third kappa shape index (κ3) is 3.20. The molecule has 0 bridgehead atoms. The number of likely N-dealkylation sites (N-methyl/N-ethyl adjacent to an activating group) is 1. The first-order chi connectivity index (χ1) is 12.7. The maximum atomic E-state index is 12.1. The van der Waals surface area contributed by atoms with E-state index in [0.717, 1.165) is 37.3 Å². The minimum absolute atomic E-state index is 0.117. The Labute approximate surface area is 154 Å². The topological polar surface area (TPSA) is 55.8 Å². The van der Waals surface area contributed by atoms with Crippen LogP contribution in [-0.4, -0.2) is 49.2 Å². The molecule has 0 unspecified atom stereocenters. The molecule has 4 rings (SSSR count). The minimum Gasteiger partial charge on any atom is -0.369 e. The molecule has 1 saturated heterocycles. The predicted octanol–water partition coefficient (Wildman–Crippen LogP) is 2.44. The van der Waals surface area contributed by atoms with Crippen LogP contribution in [0.4, 0.5) is 5.69 Å². The monoisotopic (exact) mass is 351 g/mol. The molecule has 1 aliphatic carbocycles. The van der Waals surface area contributed by atoms with Gasteiger partial charge in [0.25, 0.3) is 0 Å². The van der Waals surface area contributed by atoms with Crippen molar-refractivity contribution in [3.63, 3.8) is 0 Å². The molecule has 2 fully saturated rings. The number of nitrogens with zero attached hydrogens (tertiary/aromatic N) is 2. The number of amides is 1. The molecule has 0 aromatic heterocycles. The summed E-state index contributed by atoms with van der Waals surface area (Å²) in [6.45, 7) is 4.25. The number of benzene rings is 2. The van der Waals surface area contributed by atoms with Gasteiger partial charge in [-0.15, -0.1) is 0 Å². The maximum absolute atomic E-state index is 12.1. The van der Waals surface area contributed by atoms with Crippen LogP contribution in [0, 0.1) is 5.92 Å². The Balaban J connectivity index is 1.53. The standard InChI is InChI=1S/C21H25N3O2/c1-23-11-13-24(14-12-23)17-9-7-16(8-10-17)19-18(20(19)21(25)22-26)15-5-3-2-4-6-15/h2-10,18-20,26H,11-14H2,1H3,(H,22,25)/t18-,19-,20-/m1/s1. The number of carbonyl (C=O) groups is 1. The van der Waals surface area contributed by atoms with Crippen molar-refractivity contribution < 1.29 is 10.0 Å². The first kappa shape index (κ1) is 17.1. The molecule has 0 radical (unpaired) electrons. The van der Waals surface area contributed by atoms with Gasteiger partial charge in [0.1, 0.15) is 0 Å². The van der Waals surface area contributed by atoms with Gasteiger partial charge in [-0.1, -0.05) is 42.5 Å². The van der Waals surface area contributed by atoms with Crippen molar-refractivity contribution in [3.8, 4) is 0 Å². The number of hydrogen-bond donors (Lipinski definition) is 2. The van der Waals surface area contributed by atoms with Crippen LogP contribution in [0.2, 0.25) is 0 Å². The highest BCUT2D eigenvalue weighted by Crippen LogP contribution is 2.60. The van der Waals surface area contributed by atoms with E-state index in [9.17, 15) is 4.79 Å². The molecule has 5 nitrogen and oxygen atoms in total. The highest BCUT2D eigenvalue weighted by molar-refractivity contribution is 5.84. The van der Waals surface area contributed by atoms with Gasteiger partial charge in [0, 0.05) is 43.7 Å². The molecular formula is C21H25N3O2. The molecule has 1 aliphatic heterocycles. The normalized spacial score (nSPS) is 25.8. The predicted molar refractivity (Wildman–Crippen MR) is 101 cm³/mol. The average molecular weight is 351 g/mol. The van der Waals surface area contributed by atoms with Crippen molar-refractivity contribution in [1.29, 1.82) is 0 Å². The molecule has 2 aromatic rings. The van der Waals surface area contributed by atoms with Crippen LogP contribution < -0.4 is 10.4 Å². The van der Waals surface area contributed by atoms with E-state index in [0.29, 0.717) is 0 Å². The van der Waals surface area contributed by atoms with Gasteiger partial charge < -0.3 is 9.80 Å². The van der Waals surface area contributed by atoms with Crippen molar-refractivity contribution in [2.75, 3.05) is 38.1 Å². The van der Waals surface area contributed by atoms with Crippen LogP contribution in [0.1, 0.15) is 23.0 Å². The van der Waals surface area contributed by atoms with Crippen LogP contribution >= 0.6 is 0 Å². The van der Waals surface area contributed by atoms with Crippen LogP contribution in [0.5, 0.6) is 0 Å². The maximum Gasteiger partial charge on any atom is 0.247 e. The summed E-state index contributed by atoms with van der Waals surface area (Å²) in [6, 6.07) is 18.7. The number of hydrogen-bond acceptors (Lipinski definition) is 4. The Morgan fingerprint density at radius 1 is 0.923 bits per heavy atom. The molecule has 3 atom stereocenters. The second-order valence-corrected chi connectivity index (χ2v) is 7.35. The smallest absolute Gasteiger partial charge is 0.247 e. The molecule has 5 heteroatoms. The summed E-state index contributed by atoms with van der Waals surface area (Å²) in [5.74, 6) is -0.271. The quantitative estimate of drug-likeness (QED) is 0.656. The van der Waals surface area contributed by atoms with Gasteiger partial charge in [-0.2, -0.15) is 0 Å². The Hall–Kier alpha value is -2.37. The van der Waals surface area contributed by atoms with E-state index in [1.165, 1.54) is 5.69 Å². The van der Waals surface area contributed by atoms with E-state index in [1.54, 1.807) is 0 Å². The van der Waals surface area contributed by atoms with Gasteiger partial charge >= 0.3 is 0 Å². The molecule has 2 aliphatic rings. The molecule has 2 aromatic carbocycles. The van der Waals surface area contributed by atoms with Crippen LogP contribution in [-0.2, 0) is 4.79 Å². The highest BCUT2D eigenvalue weighted by Gasteiger charge is 2.56. The van der Waals surface area contributed by atoms with Crippen LogP contribution in [0.15, 0.2) is 54.6 Å². The lowest BCUT2D eigenvalue weighted by Gasteiger charge is -2.34. The summed E-state index contributed by atoms with van der Waals surface area (Å²) in [6.07, 6.45) is 0. The summed E-state index contributed by atoms with van der Waals surface area (Å²) < 4.78 is 0. The van der Waals surface area contributed by atoms with Crippen LogP contribution in [0.25, 0.3) is 0 Å². The highest BCUT2D eigenvalue weighted by atomic mass is 16.5. The summed E-state index contributed by atoms with van der Waals surface area (Å²) in [5.41, 5.74) is 5.38. The van der Waals surface area contributed by atoms with E-state index >= 15 is 0 Å². The van der Waals surface area contributed by atoms with Gasteiger partial charge in [-0.3, -0.25) is 10.0 Å². The van der Waals surface area contributed by atoms with Crippen LogP contribution in [0.3, 0.4) is 0 Å². The number of piperazine rings is 1. The Bertz CT molecular complexity index is 755. The average Bonchev–Trinajstić information content (AvgIpc) is 3.44. The fraction of sp³-hybridized carbons (Fsp3) is 0.381. The molecule has 2 N–H and O–H groups in total. The van der Waals surface area contributed by atoms with E-state index in [-0.39, 0.29) is 23.7 Å². The Morgan fingerprint density at radius 2 is 1.50 bits per heavy atom. The zero-order valence-corrected chi connectivity index (χ0v) is 15.0. The number of nitrogens with one attached hydrogen (secondary N) is 1. The SMILES string of the molecule is CN1CCN(c2ccc([C@H]3[C@H](C(=O)NO)[C@@H]3c3ccccc3)cc2)CC1. The van der Waals surface area contributed by atoms with E-state index in [4.69, 9.17) is 5.21 Å². The molecule has 0 spiro atoms. The minimum atomic E-state index is -0.299. The third-order valence-electron chi connectivity index (χ3n) is 5.76. The van der Waals surface area contributed by atoms with E-state index < -0.39 is 0 Å². The van der Waals surface area contributed by atoms with Crippen molar-refractivity contribution in [2.45, 2.75) is 11.8 Å². The van der Waals surface area contributed by atoms with Crippen molar-refractivity contribution in [2.24, 2.45) is 5.92 Å². The van der Waals surface area contributed by atoms with Gasteiger partial charge in [0.05, 0.1) is 5.92 Å². The lowest BCUT2D eigenvalue weighted by molar-refractivity contribution is -0.130. The van der Waals surface area contributed by atoms with Gasteiger partial charge in [0.15, 0.2) is 0 Å². The fourth-order valence-corrected chi connectivity index (χ4v) is 4.19. The Morgan fingerprint density at radius 3 is 2.08 bits per heavy atom. The zero-order chi connectivity index (χ0) is 18.1. The summed E-state index contributed by atoms with van der Waals surface area (Å²) in [5, 5.41) is 9.10. The van der Waals surface area contributed by atoms with Crippen molar-refractivity contribution >= 4 is 11.6 Å². The summed E-state index contributed by atoms with van der Waals surface area (Å²) in [4.78, 5) is 16.9. The van der Waals surface area contributed by atoms with E-state index in [1.807, 2.05) is 23.7 Å². The van der Waals surface area contributed by atoms with Gasteiger partial charge in [-0.05, 0) is 30.3 Å². The summed E-state index contributed by atoms with van der Waals surface area (Å²) >= 11 is 0. The molecular weight excluding hydrogens is 326 g/mol. The lowest BCUT2D eigenvalue weighted by atomic mass is 10.0. The zero-order valence-electron chi connectivity index (χ0n) is 15.0. The largest absolute Gasteiger partial charge is 0.369 e. The lowest BCUT2D eigenvalue weighted by Crippen LogP contribution is -2.44. The second-order valence-electron chi connectivity index (χ2n) is 7.35. The first-order valence-electron chi connectivity index (χ1n) is 9.21. The number of rotatable bonds is 4. The number of carbonyl (C=O) groups excluding carboxylic acids is 1. The third-order valence-corrected chi connectivity index (χ3v) is 5.76. The molecule has 1 heterocycles. The molecule has 1 amide bonds. The molecule has 136 valence electrons. The van der Waals surface area contributed by atoms with Crippen molar-refractivity contribution in [1.82, 2.24) is 10.4 Å². The van der Waals surface area contributed by atoms with Gasteiger partial charge in [0.2, 0.25) is 5.91 Å². The molecule has 1 saturated carbocycles. The summed E-state index contributed by atoms with van der Waals surface area (Å²) in [7, 11) is 2.16.